The van der Waals surface area contributed by atoms with Crippen molar-refractivity contribution in [3.63, 3.8) is 0 Å². The quantitative estimate of drug-likeness (QED) is 0.429. The van der Waals surface area contributed by atoms with Crippen molar-refractivity contribution >= 4 is 33.4 Å². The minimum Gasteiger partial charge on any atom is -0.268 e. The van der Waals surface area contributed by atoms with Crippen molar-refractivity contribution in [1.29, 1.82) is 0 Å². The summed E-state index contributed by atoms with van der Waals surface area (Å²) in [7, 11) is 0. The Bertz CT molecular complexity index is 640. The standard InChI is InChI=1S/C14H16BrN3O2S/c1-3-12-14(15)13(17(4-2)16-12)9-21-11-7-5-10(6-8-11)18(19)20/h5-8H,3-4,9H2,1-2H3. The number of non-ortho nitro benzene ring substituents is 1. The van der Waals surface area contributed by atoms with Crippen LogP contribution >= 0.6 is 27.7 Å². The highest BCUT2D eigenvalue weighted by molar-refractivity contribution is 9.10. The molecule has 21 heavy (non-hydrogen) atoms. The van der Waals surface area contributed by atoms with Crippen molar-refractivity contribution < 1.29 is 4.92 Å². The number of nitro groups is 1. The summed E-state index contributed by atoms with van der Waals surface area (Å²) in [6.45, 7) is 4.98. The van der Waals surface area contributed by atoms with E-state index in [0.717, 1.165) is 39.5 Å². The second-order valence-electron chi connectivity index (χ2n) is 4.42. The Hall–Kier alpha value is -1.34. The van der Waals surface area contributed by atoms with E-state index in [9.17, 15) is 10.1 Å². The number of nitrogens with zero attached hydrogens (tertiary/aromatic N) is 3. The monoisotopic (exact) mass is 369 g/mol. The molecule has 0 aliphatic heterocycles. The number of hydrogen-bond acceptors (Lipinski definition) is 4. The fourth-order valence-electron chi connectivity index (χ4n) is 1.97. The first kappa shape index (κ1) is 16.0. The zero-order valence-corrected chi connectivity index (χ0v) is 14.3. The zero-order valence-electron chi connectivity index (χ0n) is 11.9. The molecule has 0 saturated carbocycles. The molecular weight excluding hydrogens is 354 g/mol. The van der Waals surface area contributed by atoms with Gasteiger partial charge in [0.25, 0.3) is 5.69 Å². The van der Waals surface area contributed by atoms with Gasteiger partial charge in [-0.25, -0.2) is 0 Å². The maximum Gasteiger partial charge on any atom is 0.269 e. The second-order valence-corrected chi connectivity index (χ2v) is 6.26. The zero-order chi connectivity index (χ0) is 15.4. The number of nitro benzene ring substituents is 1. The van der Waals surface area contributed by atoms with Crippen LogP contribution in [0.25, 0.3) is 0 Å². The number of benzene rings is 1. The molecule has 1 aromatic carbocycles. The van der Waals surface area contributed by atoms with Gasteiger partial charge in [-0.2, -0.15) is 5.10 Å². The predicted molar refractivity (Wildman–Crippen MR) is 87.6 cm³/mol. The highest BCUT2D eigenvalue weighted by Gasteiger charge is 2.14. The smallest absolute Gasteiger partial charge is 0.268 e. The summed E-state index contributed by atoms with van der Waals surface area (Å²) in [5, 5.41) is 15.2. The van der Waals surface area contributed by atoms with Crippen LogP contribution in [0.5, 0.6) is 0 Å². The maximum atomic E-state index is 10.6. The largest absolute Gasteiger partial charge is 0.269 e. The van der Waals surface area contributed by atoms with Crippen LogP contribution in [0.15, 0.2) is 33.6 Å². The van der Waals surface area contributed by atoms with Gasteiger partial charge >= 0.3 is 0 Å². The summed E-state index contributed by atoms with van der Waals surface area (Å²) in [5.74, 6) is 0.777. The maximum absolute atomic E-state index is 10.6. The van der Waals surface area contributed by atoms with Gasteiger partial charge in [-0.1, -0.05) is 6.92 Å². The van der Waals surface area contributed by atoms with Gasteiger partial charge in [-0.3, -0.25) is 14.8 Å². The van der Waals surface area contributed by atoms with Crippen molar-refractivity contribution in [1.82, 2.24) is 9.78 Å². The van der Waals surface area contributed by atoms with Gasteiger partial charge in [0, 0.05) is 29.3 Å². The van der Waals surface area contributed by atoms with Crippen LogP contribution in [0.3, 0.4) is 0 Å². The van der Waals surface area contributed by atoms with Crippen LogP contribution in [0, 0.1) is 10.1 Å². The van der Waals surface area contributed by atoms with E-state index < -0.39 is 0 Å². The summed E-state index contributed by atoms with van der Waals surface area (Å²) >= 11 is 5.27. The predicted octanol–water partition coefficient (Wildman–Crippen LogP) is 4.43. The Morgan fingerprint density at radius 2 is 2.00 bits per heavy atom. The molecule has 0 aliphatic carbocycles. The van der Waals surface area contributed by atoms with Gasteiger partial charge in [0.05, 0.1) is 20.8 Å². The molecule has 7 heteroatoms. The van der Waals surface area contributed by atoms with Gasteiger partial charge < -0.3 is 0 Å². The lowest BCUT2D eigenvalue weighted by molar-refractivity contribution is -0.384. The molecule has 0 aliphatic rings. The average molecular weight is 370 g/mol. The van der Waals surface area contributed by atoms with Crippen LogP contribution in [0.2, 0.25) is 0 Å². The molecule has 0 bridgehead atoms. The summed E-state index contributed by atoms with van der Waals surface area (Å²) in [4.78, 5) is 11.3. The fraction of sp³-hybridized carbons (Fsp3) is 0.357. The molecule has 0 N–H and O–H groups in total. The van der Waals surface area contributed by atoms with Crippen LogP contribution in [0.1, 0.15) is 25.2 Å². The Labute approximate surface area is 136 Å². The third kappa shape index (κ3) is 3.65. The van der Waals surface area contributed by atoms with E-state index in [4.69, 9.17) is 0 Å². The molecule has 2 aromatic rings. The molecule has 5 nitrogen and oxygen atoms in total. The SMILES string of the molecule is CCc1nn(CC)c(CSc2ccc([N+](=O)[O-])cc2)c1Br. The summed E-state index contributed by atoms with van der Waals surface area (Å²) < 4.78 is 3.07. The molecule has 0 spiro atoms. The van der Waals surface area contributed by atoms with Crippen molar-refractivity contribution in [3.05, 3.63) is 50.2 Å². The first-order valence-corrected chi connectivity index (χ1v) is 8.46. The third-order valence-electron chi connectivity index (χ3n) is 3.12. The normalized spacial score (nSPS) is 10.8. The Morgan fingerprint density at radius 1 is 1.33 bits per heavy atom. The number of aryl methyl sites for hydroxylation is 2. The van der Waals surface area contributed by atoms with Crippen LogP contribution < -0.4 is 0 Å². The molecule has 0 fully saturated rings. The van der Waals surface area contributed by atoms with Gasteiger partial charge in [0.15, 0.2) is 0 Å². The average Bonchev–Trinajstić information content (AvgIpc) is 2.81. The van der Waals surface area contributed by atoms with Crippen LogP contribution in [-0.4, -0.2) is 14.7 Å². The molecule has 112 valence electrons. The minimum absolute atomic E-state index is 0.118. The first-order valence-electron chi connectivity index (χ1n) is 6.68. The fourth-order valence-corrected chi connectivity index (χ4v) is 3.79. The van der Waals surface area contributed by atoms with Crippen molar-refractivity contribution in [2.45, 2.75) is 37.5 Å². The number of halogens is 1. The number of hydrogen-bond donors (Lipinski definition) is 0. The number of rotatable bonds is 6. The van der Waals surface area contributed by atoms with Gasteiger partial charge in [0.1, 0.15) is 0 Å². The number of thioether (sulfide) groups is 1. The molecule has 2 rings (SSSR count). The lowest BCUT2D eigenvalue weighted by atomic mass is 10.3. The van der Waals surface area contributed by atoms with Gasteiger partial charge in [-0.05, 0) is 41.4 Å². The van der Waals surface area contributed by atoms with E-state index in [2.05, 4.69) is 34.9 Å². The third-order valence-corrected chi connectivity index (χ3v) is 5.06. The van der Waals surface area contributed by atoms with E-state index in [1.807, 2.05) is 4.68 Å². The summed E-state index contributed by atoms with van der Waals surface area (Å²) in [6.07, 6.45) is 0.892. The van der Waals surface area contributed by atoms with Crippen molar-refractivity contribution in [2.24, 2.45) is 0 Å². The second kappa shape index (κ2) is 7.09. The highest BCUT2D eigenvalue weighted by Crippen LogP contribution is 2.30. The van der Waals surface area contributed by atoms with E-state index >= 15 is 0 Å². The van der Waals surface area contributed by atoms with E-state index in [1.165, 1.54) is 12.1 Å². The lowest BCUT2D eigenvalue weighted by Gasteiger charge is -2.05. The number of aromatic nitrogens is 2. The lowest BCUT2D eigenvalue weighted by Crippen LogP contribution is -2.01. The highest BCUT2D eigenvalue weighted by atomic mass is 79.9. The molecule has 0 unspecified atom stereocenters. The van der Waals surface area contributed by atoms with Crippen LogP contribution in [-0.2, 0) is 18.7 Å². The van der Waals surface area contributed by atoms with E-state index in [1.54, 1.807) is 23.9 Å². The topological polar surface area (TPSA) is 61.0 Å². The summed E-state index contributed by atoms with van der Waals surface area (Å²) in [5.41, 5.74) is 2.33. The Balaban J connectivity index is 2.12. The molecule has 0 atom stereocenters. The molecule has 1 aromatic heterocycles. The van der Waals surface area contributed by atoms with E-state index in [0.29, 0.717) is 0 Å². The Morgan fingerprint density at radius 3 is 2.52 bits per heavy atom. The molecule has 0 amide bonds. The van der Waals surface area contributed by atoms with E-state index in [-0.39, 0.29) is 10.6 Å². The van der Waals surface area contributed by atoms with Gasteiger partial charge in [-0.15, -0.1) is 11.8 Å². The van der Waals surface area contributed by atoms with Crippen molar-refractivity contribution in [3.8, 4) is 0 Å². The van der Waals surface area contributed by atoms with Gasteiger partial charge in [0.2, 0.25) is 0 Å². The van der Waals surface area contributed by atoms with Crippen molar-refractivity contribution in [2.75, 3.05) is 0 Å². The summed E-state index contributed by atoms with van der Waals surface area (Å²) in [6, 6.07) is 6.63. The molecule has 0 saturated heterocycles. The molecule has 0 radical (unpaired) electrons. The Kier molecular flexibility index (Phi) is 5.41. The molecular formula is C14H16BrN3O2S. The first-order chi connectivity index (χ1) is 10.1. The minimum atomic E-state index is -0.384. The van der Waals surface area contributed by atoms with Crippen LogP contribution in [0.4, 0.5) is 5.69 Å². The molecule has 1 heterocycles.